The van der Waals surface area contributed by atoms with Gasteiger partial charge in [-0.05, 0) is 32.0 Å². The van der Waals surface area contributed by atoms with Crippen molar-refractivity contribution in [3.05, 3.63) is 12.3 Å². The molecule has 0 aromatic rings. The summed E-state index contributed by atoms with van der Waals surface area (Å²) in [5, 5.41) is 0. The SMILES string of the molecule is C=C[SiH](CCC)N(CCC)CCC. The van der Waals surface area contributed by atoms with Crippen molar-refractivity contribution in [3.63, 3.8) is 0 Å². The molecule has 0 spiro atoms. The third kappa shape index (κ3) is 5.27. The van der Waals surface area contributed by atoms with Gasteiger partial charge in [0.1, 0.15) is 8.96 Å². The Morgan fingerprint density at radius 3 is 1.92 bits per heavy atom. The smallest absolute Gasteiger partial charge is 0.135 e. The van der Waals surface area contributed by atoms with Crippen LogP contribution in [0.1, 0.15) is 40.0 Å². The van der Waals surface area contributed by atoms with E-state index >= 15 is 0 Å². The molecule has 0 radical (unpaired) electrons. The summed E-state index contributed by atoms with van der Waals surface area (Å²) in [6.45, 7) is 13.3. The molecule has 0 heterocycles. The normalized spacial score (nSPS) is 13.2. The Labute approximate surface area is 85.5 Å². The van der Waals surface area contributed by atoms with Crippen LogP contribution in [-0.4, -0.2) is 26.6 Å². The zero-order valence-corrected chi connectivity index (χ0v) is 10.7. The number of rotatable bonds is 8. The van der Waals surface area contributed by atoms with Crippen LogP contribution in [0.15, 0.2) is 12.3 Å². The van der Waals surface area contributed by atoms with Gasteiger partial charge in [-0.25, -0.2) is 0 Å². The van der Waals surface area contributed by atoms with Crippen LogP contribution in [0, 0.1) is 0 Å². The van der Waals surface area contributed by atoms with E-state index in [1.54, 1.807) is 0 Å². The molecule has 0 aliphatic carbocycles. The van der Waals surface area contributed by atoms with E-state index in [0.29, 0.717) is 0 Å². The molecule has 1 nitrogen and oxygen atoms in total. The molecule has 78 valence electrons. The van der Waals surface area contributed by atoms with E-state index < -0.39 is 8.96 Å². The van der Waals surface area contributed by atoms with Crippen LogP contribution in [0.2, 0.25) is 6.04 Å². The van der Waals surface area contributed by atoms with Crippen molar-refractivity contribution in [2.24, 2.45) is 0 Å². The Hall–Kier alpha value is -0.0831. The van der Waals surface area contributed by atoms with Crippen LogP contribution in [-0.2, 0) is 0 Å². The van der Waals surface area contributed by atoms with Gasteiger partial charge in [0, 0.05) is 0 Å². The van der Waals surface area contributed by atoms with Gasteiger partial charge in [0.05, 0.1) is 0 Å². The van der Waals surface area contributed by atoms with Crippen molar-refractivity contribution in [3.8, 4) is 0 Å². The molecule has 0 amide bonds. The lowest BCUT2D eigenvalue weighted by Crippen LogP contribution is -2.39. The molecular weight excluding hydrogens is 174 g/mol. The maximum absolute atomic E-state index is 3.99. The van der Waals surface area contributed by atoms with Gasteiger partial charge in [0.2, 0.25) is 0 Å². The molecule has 0 N–H and O–H groups in total. The molecule has 0 saturated heterocycles. The van der Waals surface area contributed by atoms with Crippen LogP contribution in [0.4, 0.5) is 0 Å². The highest BCUT2D eigenvalue weighted by Gasteiger charge is 2.13. The minimum absolute atomic E-state index is 0.766. The molecule has 1 unspecified atom stereocenters. The third-order valence-electron chi connectivity index (χ3n) is 2.35. The summed E-state index contributed by atoms with van der Waals surface area (Å²) >= 11 is 0. The largest absolute Gasteiger partial charge is 0.323 e. The fourth-order valence-corrected chi connectivity index (χ4v) is 4.43. The van der Waals surface area contributed by atoms with Crippen LogP contribution < -0.4 is 0 Å². The highest BCUT2D eigenvalue weighted by Crippen LogP contribution is 2.06. The van der Waals surface area contributed by atoms with Gasteiger partial charge in [-0.2, -0.15) is 0 Å². The molecule has 0 aromatic heterocycles. The van der Waals surface area contributed by atoms with E-state index in [1.165, 1.54) is 38.4 Å². The first-order chi connectivity index (χ1) is 6.29. The molecule has 0 fully saturated rings. The van der Waals surface area contributed by atoms with Crippen LogP contribution in [0.5, 0.6) is 0 Å². The summed E-state index contributed by atoms with van der Waals surface area (Å²) in [5.41, 5.74) is 2.24. The van der Waals surface area contributed by atoms with E-state index in [0.717, 1.165) is 0 Å². The quantitative estimate of drug-likeness (QED) is 0.543. The molecule has 0 saturated carbocycles. The topological polar surface area (TPSA) is 3.24 Å². The predicted molar refractivity (Wildman–Crippen MR) is 64.6 cm³/mol. The van der Waals surface area contributed by atoms with Gasteiger partial charge in [-0.3, -0.25) is 0 Å². The molecule has 0 aliphatic heterocycles. The monoisotopic (exact) mass is 199 g/mol. The maximum Gasteiger partial charge on any atom is 0.135 e. The zero-order chi connectivity index (χ0) is 10.1. The highest BCUT2D eigenvalue weighted by atomic mass is 28.3. The number of nitrogens with zero attached hydrogens (tertiary/aromatic N) is 1. The van der Waals surface area contributed by atoms with Crippen molar-refractivity contribution < 1.29 is 0 Å². The van der Waals surface area contributed by atoms with Gasteiger partial charge >= 0.3 is 0 Å². The summed E-state index contributed by atoms with van der Waals surface area (Å²) in [4.78, 5) is 0. The lowest BCUT2D eigenvalue weighted by atomic mass is 10.4. The minimum Gasteiger partial charge on any atom is -0.323 e. The van der Waals surface area contributed by atoms with Crippen molar-refractivity contribution >= 4 is 8.96 Å². The summed E-state index contributed by atoms with van der Waals surface area (Å²) in [6.07, 6.45) is 3.87. The number of hydrogen-bond acceptors (Lipinski definition) is 1. The summed E-state index contributed by atoms with van der Waals surface area (Å²) in [6, 6.07) is 1.39. The molecule has 13 heavy (non-hydrogen) atoms. The van der Waals surface area contributed by atoms with Crippen molar-refractivity contribution in [2.75, 3.05) is 13.1 Å². The van der Waals surface area contributed by atoms with E-state index in [1.807, 2.05) is 0 Å². The van der Waals surface area contributed by atoms with Crippen LogP contribution in [0.25, 0.3) is 0 Å². The first-order valence-electron chi connectivity index (χ1n) is 5.66. The fourth-order valence-electron chi connectivity index (χ4n) is 1.76. The van der Waals surface area contributed by atoms with Gasteiger partial charge in [-0.15, -0.1) is 6.58 Å². The Kier molecular flexibility index (Phi) is 8.46. The lowest BCUT2D eigenvalue weighted by Gasteiger charge is -2.27. The van der Waals surface area contributed by atoms with Crippen LogP contribution >= 0.6 is 0 Å². The Morgan fingerprint density at radius 2 is 1.62 bits per heavy atom. The second-order valence-electron chi connectivity index (χ2n) is 3.63. The Balaban J connectivity index is 4.02. The summed E-state index contributed by atoms with van der Waals surface area (Å²) < 4.78 is 2.69. The highest BCUT2D eigenvalue weighted by molar-refractivity contribution is 6.61. The standard InChI is InChI=1S/C11H25NSi/c1-5-9-12(10-6-2)13(8-4)11-7-3/h8,13H,4-7,9-11H2,1-3H3. The molecule has 0 bridgehead atoms. The second-order valence-corrected chi connectivity index (χ2v) is 6.54. The average Bonchev–Trinajstić information content (AvgIpc) is 2.14. The summed E-state index contributed by atoms with van der Waals surface area (Å²) in [5.74, 6) is 0. The van der Waals surface area contributed by atoms with E-state index in [2.05, 4.69) is 37.6 Å². The first kappa shape index (κ1) is 12.9. The minimum atomic E-state index is -0.766. The van der Waals surface area contributed by atoms with E-state index in [-0.39, 0.29) is 0 Å². The van der Waals surface area contributed by atoms with Gasteiger partial charge in [0.25, 0.3) is 0 Å². The average molecular weight is 199 g/mol. The van der Waals surface area contributed by atoms with E-state index in [9.17, 15) is 0 Å². The first-order valence-corrected chi connectivity index (χ1v) is 7.66. The number of hydrogen-bond donors (Lipinski definition) is 0. The predicted octanol–water partition coefficient (Wildman–Crippen LogP) is 2.97. The van der Waals surface area contributed by atoms with Gasteiger partial charge < -0.3 is 4.57 Å². The molecule has 0 aliphatic rings. The van der Waals surface area contributed by atoms with Gasteiger partial charge in [-0.1, -0.05) is 32.9 Å². The van der Waals surface area contributed by atoms with Crippen molar-refractivity contribution in [1.82, 2.24) is 4.57 Å². The van der Waals surface area contributed by atoms with Crippen molar-refractivity contribution in [2.45, 2.75) is 46.1 Å². The molecular formula is C11H25NSi. The van der Waals surface area contributed by atoms with Crippen molar-refractivity contribution in [1.29, 1.82) is 0 Å². The molecule has 2 heteroatoms. The Bertz CT molecular complexity index is 119. The maximum atomic E-state index is 3.99. The molecule has 0 aromatic carbocycles. The summed E-state index contributed by atoms with van der Waals surface area (Å²) in [7, 11) is -0.766. The van der Waals surface area contributed by atoms with Crippen LogP contribution in [0.3, 0.4) is 0 Å². The Morgan fingerprint density at radius 1 is 1.08 bits per heavy atom. The third-order valence-corrected chi connectivity index (χ3v) is 5.51. The lowest BCUT2D eigenvalue weighted by molar-refractivity contribution is 0.431. The molecule has 1 atom stereocenters. The second kappa shape index (κ2) is 8.51. The van der Waals surface area contributed by atoms with Gasteiger partial charge in [0.15, 0.2) is 0 Å². The zero-order valence-electron chi connectivity index (χ0n) is 9.55. The molecule has 0 rings (SSSR count). The fraction of sp³-hybridized carbons (Fsp3) is 0.818. The van der Waals surface area contributed by atoms with E-state index in [4.69, 9.17) is 0 Å².